The van der Waals surface area contributed by atoms with Crippen LogP contribution in [0.25, 0.3) is 0 Å². The smallest absolute Gasteiger partial charge is 0.427 e. The molecule has 1 aliphatic heterocycles. The van der Waals surface area contributed by atoms with Crippen LogP contribution in [0.1, 0.15) is 40.0 Å². The third-order valence-corrected chi connectivity index (χ3v) is 2.10. The molecule has 1 saturated heterocycles. The van der Waals surface area contributed by atoms with Gasteiger partial charge in [-0.2, -0.15) is 0 Å². The molecular formula is C11H19NO4. The van der Waals surface area contributed by atoms with Gasteiger partial charge in [0.05, 0.1) is 0 Å². The van der Waals surface area contributed by atoms with Gasteiger partial charge in [0.15, 0.2) is 0 Å². The molecule has 1 heterocycles. The van der Waals surface area contributed by atoms with Crippen LogP contribution in [0.5, 0.6) is 0 Å². The molecule has 5 nitrogen and oxygen atoms in total. The molecule has 0 bridgehead atoms. The fourth-order valence-electron chi connectivity index (χ4n) is 1.40. The van der Waals surface area contributed by atoms with Crippen molar-refractivity contribution in [1.29, 1.82) is 0 Å². The Bertz CT molecular complexity index is 270. The van der Waals surface area contributed by atoms with Crippen LogP contribution < -0.4 is 0 Å². The van der Waals surface area contributed by atoms with Crippen molar-refractivity contribution in [3.8, 4) is 0 Å². The number of carbonyl (C=O) groups excluding carboxylic acids is 2. The number of hydrogen-bond donors (Lipinski definition) is 0. The van der Waals surface area contributed by atoms with E-state index in [9.17, 15) is 9.59 Å². The van der Waals surface area contributed by atoms with Gasteiger partial charge in [0, 0.05) is 25.9 Å². The molecule has 5 heteroatoms. The molecule has 0 aromatic rings. The van der Waals surface area contributed by atoms with Crippen LogP contribution in [0.3, 0.4) is 0 Å². The van der Waals surface area contributed by atoms with E-state index < -0.39 is 11.8 Å². The Kier molecular flexibility index (Phi) is 4.29. The second-order valence-electron chi connectivity index (χ2n) is 4.88. The van der Waals surface area contributed by atoms with E-state index in [0.29, 0.717) is 25.9 Å². The summed E-state index contributed by atoms with van der Waals surface area (Å²) in [5.41, 5.74) is -0.557. The Morgan fingerprint density at radius 1 is 1.25 bits per heavy atom. The van der Waals surface area contributed by atoms with Crippen molar-refractivity contribution in [2.75, 3.05) is 13.1 Å². The Hall–Kier alpha value is -1.10. The molecule has 0 aliphatic carbocycles. The fraction of sp³-hybridized carbons (Fsp3) is 0.818. The minimum atomic E-state index is -0.707. The summed E-state index contributed by atoms with van der Waals surface area (Å²) in [6, 6.07) is 0. The third kappa shape index (κ3) is 5.11. The predicted molar refractivity (Wildman–Crippen MR) is 57.8 cm³/mol. The van der Waals surface area contributed by atoms with Crippen LogP contribution >= 0.6 is 0 Å². The monoisotopic (exact) mass is 229 g/mol. The molecule has 0 unspecified atom stereocenters. The zero-order valence-corrected chi connectivity index (χ0v) is 10.1. The maximum atomic E-state index is 11.3. The summed E-state index contributed by atoms with van der Waals surface area (Å²) in [7, 11) is 0. The molecule has 0 aromatic carbocycles. The van der Waals surface area contributed by atoms with E-state index in [0.717, 1.165) is 6.42 Å². The highest BCUT2D eigenvalue weighted by Gasteiger charge is 2.22. The number of carbonyl (C=O) groups is 2. The highest BCUT2D eigenvalue weighted by Crippen LogP contribution is 2.11. The normalized spacial score (nSPS) is 19.1. The van der Waals surface area contributed by atoms with E-state index in [2.05, 4.69) is 0 Å². The van der Waals surface area contributed by atoms with Crippen molar-refractivity contribution in [3.63, 3.8) is 0 Å². The maximum Gasteiger partial charge on any atom is 0.528 e. The van der Waals surface area contributed by atoms with Crippen LogP contribution in [-0.4, -0.2) is 35.7 Å². The second kappa shape index (κ2) is 5.30. The largest absolute Gasteiger partial charge is 0.528 e. The van der Waals surface area contributed by atoms with Crippen molar-refractivity contribution >= 4 is 11.9 Å². The van der Waals surface area contributed by atoms with Gasteiger partial charge in [-0.25, -0.2) is 4.79 Å². The van der Waals surface area contributed by atoms with Crippen LogP contribution in [0.2, 0.25) is 0 Å². The van der Waals surface area contributed by atoms with Gasteiger partial charge in [-0.05, 0) is 27.2 Å². The highest BCUT2D eigenvalue weighted by molar-refractivity contribution is 5.78. The SMILES string of the molecule is CC(C)(C)OC(=O)ON1CCCC(=O)CC1. The summed E-state index contributed by atoms with van der Waals surface area (Å²) in [5.74, 6) is 0.218. The van der Waals surface area contributed by atoms with Gasteiger partial charge in [-0.15, -0.1) is 5.06 Å². The number of ether oxygens (including phenoxy) is 1. The van der Waals surface area contributed by atoms with Gasteiger partial charge in [0.25, 0.3) is 0 Å². The zero-order chi connectivity index (χ0) is 12.2. The first-order chi connectivity index (χ1) is 7.37. The van der Waals surface area contributed by atoms with E-state index in [1.165, 1.54) is 5.06 Å². The molecule has 0 radical (unpaired) electrons. The van der Waals surface area contributed by atoms with Crippen molar-refractivity contribution < 1.29 is 19.2 Å². The van der Waals surface area contributed by atoms with Crippen molar-refractivity contribution in [2.24, 2.45) is 0 Å². The first kappa shape index (κ1) is 13.0. The number of rotatable bonds is 1. The molecule has 0 atom stereocenters. The molecule has 0 N–H and O–H groups in total. The number of nitrogens with zero attached hydrogens (tertiary/aromatic N) is 1. The number of Topliss-reactive ketones (excluding diaryl/α,β-unsaturated/α-hetero) is 1. The number of hydrogen-bond acceptors (Lipinski definition) is 5. The average Bonchev–Trinajstić information content (AvgIpc) is 2.27. The number of ketones is 1. The summed E-state index contributed by atoms with van der Waals surface area (Å²) in [5, 5.41) is 1.50. The van der Waals surface area contributed by atoms with Gasteiger partial charge < -0.3 is 9.57 Å². The molecule has 0 aromatic heterocycles. The van der Waals surface area contributed by atoms with E-state index in [4.69, 9.17) is 9.57 Å². The summed E-state index contributed by atoms with van der Waals surface area (Å²) in [6.07, 6.45) is 1.01. The Balaban J connectivity index is 2.36. The summed E-state index contributed by atoms with van der Waals surface area (Å²) < 4.78 is 5.02. The fourth-order valence-corrected chi connectivity index (χ4v) is 1.40. The lowest BCUT2D eigenvalue weighted by Gasteiger charge is -2.22. The Morgan fingerprint density at radius 3 is 2.56 bits per heavy atom. The van der Waals surface area contributed by atoms with Crippen LogP contribution in [-0.2, 0) is 14.4 Å². The van der Waals surface area contributed by atoms with Crippen molar-refractivity contribution in [3.05, 3.63) is 0 Å². The molecular weight excluding hydrogens is 210 g/mol. The molecule has 0 spiro atoms. The quantitative estimate of drug-likeness (QED) is 0.643. The van der Waals surface area contributed by atoms with Gasteiger partial charge >= 0.3 is 6.16 Å². The van der Waals surface area contributed by atoms with Gasteiger partial charge in [0.2, 0.25) is 0 Å². The molecule has 0 saturated carbocycles. The van der Waals surface area contributed by atoms with Crippen molar-refractivity contribution in [2.45, 2.75) is 45.6 Å². The third-order valence-electron chi connectivity index (χ3n) is 2.10. The average molecular weight is 229 g/mol. The summed E-state index contributed by atoms with van der Waals surface area (Å²) >= 11 is 0. The van der Waals surface area contributed by atoms with Gasteiger partial charge in [0.1, 0.15) is 11.4 Å². The number of hydroxylamine groups is 2. The molecule has 16 heavy (non-hydrogen) atoms. The van der Waals surface area contributed by atoms with E-state index >= 15 is 0 Å². The highest BCUT2D eigenvalue weighted by atomic mass is 16.8. The van der Waals surface area contributed by atoms with E-state index in [-0.39, 0.29) is 5.78 Å². The molecule has 1 rings (SSSR count). The first-order valence-corrected chi connectivity index (χ1v) is 5.54. The second-order valence-corrected chi connectivity index (χ2v) is 4.88. The molecule has 0 amide bonds. The maximum absolute atomic E-state index is 11.3. The Labute approximate surface area is 95.6 Å². The molecule has 1 aliphatic rings. The minimum absolute atomic E-state index is 0.218. The molecule has 1 fully saturated rings. The predicted octanol–water partition coefficient (Wildman–Crippen LogP) is 1.91. The summed E-state index contributed by atoms with van der Waals surface area (Å²) in [6.45, 7) is 6.38. The van der Waals surface area contributed by atoms with Crippen molar-refractivity contribution in [1.82, 2.24) is 5.06 Å². The van der Waals surface area contributed by atoms with E-state index in [1.54, 1.807) is 20.8 Å². The first-order valence-electron chi connectivity index (χ1n) is 5.54. The zero-order valence-electron chi connectivity index (χ0n) is 10.1. The van der Waals surface area contributed by atoms with Crippen LogP contribution in [0.15, 0.2) is 0 Å². The van der Waals surface area contributed by atoms with Crippen LogP contribution in [0, 0.1) is 0 Å². The standard InChI is InChI=1S/C11H19NO4/c1-11(2,3)15-10(14)16-12-7-4-5-9(13)6-8-12/h4-8H2,1-3H3. The lowest BCUT2D eigenvalue weighted by molar-refractivity contribution is -0.142. The lowest BCUT2D eigenvalue weighted by Crippen LogP contribution is -2.32. The minimum Gasteiger partial charge on any atom is -0.427 e. The molecule has 92 valence electrons. The van der Waals surface area contributed by atoms with E-state index in [1.807, 2.05) is 0 Å². The van der Waals surface area contributed by atoms with Crippen LogP contribution in [0.4, 0.5) is 4.79 Å². The topological polar surface area (TPSA) is 55.8 Å². The lowest BCUT2D eigenvalue weighted by atomic mass is 10.2. The Morgan fingerprint density at radius 2 is 1.94 bits per heavy atom. The van der Waals surface area contributed by atoms with Gasteiger partial charge in [-0.1, -0.05) is 0 Å². The summed E-state index contributed by atoms with van der Waals surface area (Å²) in [4.78, 5) is 27.5. The van der Waals surface area contributed by atoms with Gasteiger partial charge in [-0.3, -0.25) is 4.79 Å².